The molecule has 1 aliphatic rings. The largest absolute Gasteiger partial charge is 0.478 e. The number of carboxylic acids is 1. The van der Waals surface area contributed by atoms with Gasteiger partial charge in [-0.2, -0.15) is 5.10 Å². The van der Waals surface area contributed by atoms with Crippen LogP contribution in [-0.4, -0.2) is 51.4 Å². The van der Waals surface area contributed by atoms with Gasteiger partial charge in [0.15, 0.2) is 5.76 Å². The van der Waals surface area contributed by atoms with Crippen LogP contribution >= 0.6 is 0 Å². The second-order valence-electron chi connectivity index (χ2n) is 5.71. The molecule has 8 nitrogen and oxygen atoms in total. The monoisotopic (exact) mass is 319 g/mol. The molecule has 0 bridgehead atoms. The SMILES string of the molecule is Cn1cc(C2(C)CN(C(=O)c3cc(C(=O)O)co3)CCO2)cn1. The molecule has 0 radical (unpaired) electrons. The number of hydrogen-bond donors (Lipinski definition) is 1. The maximum Gasteiger partial charge on any atom is 0.338 e. The van der Waals surface area contributed by atoms with E-state index in [0.29, 0.717) is 19.7 Å². The maximum atomic E-state index is 12.5. The summed E-state index contributed by atoms with van der Waals surface area (Å²) in [6.07, 6.45) is 4.63. The molecule has 0 saturated carbocycles. The van der Waals surface area contributed by atoms with Crippen molar-refractivity contribution < 1.29 is 23.8 Å². The topological polar surface area (TPSA) is 97.8 Å². The highest BCUT2D eigenvalue weighted by Crippen LogP contribution is 2.29. The van der Waals surface area contributed by atoms with Gasteiger partial charge in [-0.3, -0.25) is 9.48 Å². The number of carbonyl (C=O) groups is 2. The molecular formula is C15H17N3O5. The lowest BCUT2D eigenvalue weighted by Gasteiger charge is -2.39. The number of carbonyl (C=O) groups excluding carboxylic acids is 1. The first kappa shape index (κ1) is 15.3. The van der Waals surface area contributed by atoms with Crippen LogP contribution in [0.3, 0.4) is 0 Å². The molecular weight excluding hydrogens is 302 g/mol. The second-order valence-corrected chi connectivity index (χ2v) is 5.71. The number of carboxylic acid groups (broad SMARTS) is 1. The summed E-state index contributed by atoms with van der Waals surface area (Å²) in [4.78, 5) is 25.0. The fourth-order valence-electron chi connectivity index (χ4n) is 2.63. The van der Waals surface area contributed by atoms with Gasteiger partial charge in [0.05, 0.1) is 24.9 Å². The van der Waals surface area contributed by atoms with E-state index in [9.17, 15) is 9.59 Å². The van der Waals surface area contributed by atoms with Crippen LogP contribution in [0.4, 0.5) is 0 Å². The van der Waals surface area contributed by atoms with Crippen molar-refractivity contribution in [2.45, 2.75) is 12.5 Å². The molecule has 1 N–H and O–H groups in total. The molecule has 8 heteroatoms. The van der Waals surface area contributed by atoms with Gasteiger partial charge in [0.25, 0.3) is 5.91 Å². The zero-order valence-electron chi connectivity index (χ0n) is 12.9. The fourth-order valence-corrected chi connectivity index (χ4v) is 2.63. The van der Waals surface area contributed by atoms with E-state index in [4.69, 9.17) is 14.3 Å². The van der Waals surface area contributed by atoms with Crippen molar-refractivity contribution in [3.63, 3.8) is 0 Å². The molecule has 122 valence electrons. The van der Waals surface area contributed by atoms with Crippen LogP contribution in [-0.2, 0) is 17.4 Å². The first-order chi connectivity index (χ1) is 10.9. The van der Waals surface area contributed by atoms with E-state index in [-0.39, 0.29) is 17.2 Å². The normalized spacial score (nSPS) is 21.4. The summed E-state index contributed by atoms with van der Waals surface area (Å²) >= 11 is 0. The third-order valence-electron chi connectivity index (χ3n) is 3.93. The maximum absolute atomic E-state index is 12.5. The third kappa shape index (κ3) is 2.85. The number of amides is 1. The van der Waals surface area contributed by atoms with Crippen LogP contribution in [0.1, 0.15) is 33.4 Å². The van der Waals surface area contributed by atoms with E-state index >= 15 is 0 Å². The Bertz CT molecular complexity index is 750. The smallest absolute Gasteiger partial charge is 0.338 e. The molecule has 3 heterocycles. The highest BCUT2D eigenvalue weighted by Gasteiger charge is 2.37. The molecule has 1 atom stereocenters. The van der Waals surface area contributed by atoms with Gasteiger partial charge in [0.2, 0.25) is 0 Å². The van der Waals surface area contributed by atoms with Gasteiger partial charge in [-0.15, -0.1) is 0 Å². The predicted octanol–water partition coefficient (Wildman–Crippen LogP) is 1.10. The third-order valence-corrected chi connectivity index (χ3v) is 3.93. The summed E-state index contributed by atoms with van der Waals surface area (Å²) in [5, 5.41) is 13.0. The summed E-state index contributed by atoms with van der Waals surface area (Å²) < 4.78 is 12.6. The Hall–Kier alpha value is -2.61. The predicted molar refractivity (Wildman–Crippen MR) is 78.1 cm³/mol. The molecule has 0 spiro atoms. The van der Waals surface area contributed by atoms with Gasteiger partial charge < -0.3 is 19.2 Å². The molecule has 1 fully saturated rings. The zero-order chi connectivity index (χ0) is 16.6. The summed E-state index contributed by atoms with van der Waals surface area (Å²) in [5.41, 5.74) is 0.171. The minimum absolute atomic E-state index is 0.0119. The molecule has 3 rings (SSSR count). The first-order valence-corrected chi connectivity index (χ1v) is 7.13. The number of furan rings is 1. The average molecular weight is 319 g/mol. The van der Waals surface area contributed by atoms with E-state index in [1.807, 2.05) is 20.2 Å². The standard InChI is InChI=1S/C15H17N3O5/c1-15(11-6-16-17(2)7-11)9-18(3-4-23-15)13(19)12-5-10(8-22-12)14(20)21/h5-8H,3-4,9H2,1-2H3,(H,20,21). The number of aromatic nitrogens is 2. The van der Waals surface area contributed by atoms with E-state index in [1.165, 1.54) is 6.07 Å². The Labute approximate surface area is 132 Å². The van der Waals surface area contributed by atoms with Gasteiger partial charge in [-0.1, -0.05) is 0 Å². The number of ether oxygens (including phenoxy) is 1. The fraction of sp³-hybridized carbons (Fsp3) is 0.400. The molecule has 1 aliphatic heterocycles. The van der Waals surface area contributed by atoms with Crippen molar-refractivity contribution in [2.24, 2.45) is 7.05 Å². The number of aromatic carboxylic acids is 1. The molecule has 1 unspecified atom stereocenters. The van der Waals surface area contributed by atoms with E-state index in [0.717, 1.165) is 11.8 Å². The first-order valence-electron chi connectivity index (χ1n) is 7.13. The van der Waals surface area contributed by atoms with Gasteiger partial charge in [0, 0.05) is 31.4 Å². The van der Waals surface area contributed by atoms with Crippen LogP contribution in [0.5, 0.6) is 0 Å². The highest BCUT2D eigenvalue weighted by molar-refractivity contribution is 5.95. The van der Waals surface area contributed by atoms with Crippen molar-refractivity contribution >= 4 is 11.9 Å². The Balaban J connectivity index is 1.80. The Morgan fingerprint density at radius 3 is 2.83 bits per heavy atom. The average Bonchev–Trinajstić information content (AvgIpc) is 3.15. The zero-order valence-corrected chi connectivity index (χ0v) is 12.9. The molecule has 0 aromatic carbocycles. The van der Waals surface area contributed by atoms with Crippen LogP contribution in [0.15, 0.2) is 29.1 Å². The number of morpholine rings is 1. The lowest BCUT2D eigenvalue weighted by Crippen LogP contribution is -2.50. The van der Waals surface area contributed by atoms with E-state index < -0.39 is 11.6 Å². The lowest BCUT2D eigenvalue weighted by atomic mass is 9.97. The molecule has 2 aromatic heterocycles. The van der Waals surface area contributed by atoms with Crippen LogP contribution in [0.25, 0.3) is 0 Å². The second kappa shape index (κ2) is 5.54. The molecule has 23 heavy (non-hydrogen) atoms. The molecule has 1 amide bonds. The number of rotatable bonds is 3. The van der Waals surface area contributed by atoms with E-state index in [1.54, 1.807) is 15.8 Å². The summed E-state index contributed by atoms with van der Waals surface area (Å²) in [7, 11) is 1.81. The number of aryl methyl sites for hydroxylation is 1. The van der Waals surface area contributed by atoms with Crippen molar-refractivity contribution in [1.82, 2.24) is 14.7 Å². The summed E-state index contributed by atoms with van der Waals surface area (Å²) in [5.74, 6) is -1.47. The van der Waals surface area contributed by atoms with Crippen molar-refractivity contribution in [1.29, 1.82) is 0 Å². The number of nitrogens with zero attached hydrogens (tertiary/aromatic N) is 3. The van der Waals surface area contributed by atoms with Gasteiger partial charge in [0.1, 0.15) is 11.9 Å². The Morgan fingerprint density at radius 1 is 1.43 bits per heavy atom. The molecule has 0 aliphatic carbocycles. The summed E-state index contributed by atoms with van der Waals surface area (Å²) in [6, 6.07) is 1.24. The molecule has 1 saturated heterocycles. The van der Waals surface area contributed by atoms with E-state index in [2.05, 4.69) is 5.10 Å². The molecule has 2 aromatic rings. The van der Waals surface area contributed by atoms with Gasteiger partial charge in [-0.25, -0.2) is 4.79 Å². The van der Waals surface area contributed by atoms with Crippen LogP contribution in [0.2, 0.25) is 0 Å². The van der Waals surface area contributed by atoms with Gasteiger partial charge in [-0.05, 0) is 6.92 Å². The Morgan fingerprint density at radius 2 is 2.22 bits per heavy atom. The minimum Gasteiger partial charge on any atom is -0.478 e. The highest BCUT2D eigenvalue weighted by atomic mass is 16.5. The summed E-state index contributed by atoms with van der Waals surface area (Å²) in [6.45, 7) is 3.02. The van der Waals surface area contributed by atoms with Crippen molar-refractivity contribution in [3.05, 3.63) is 41.6 Å². The lowest BCUT2D eigenvalue weighted by molar-refractivity contribution is -0.0935. The minimum atomic E-state index is -1.13. The quantitative estimate of drug-likeness (QED) is 0.909. The van der Waals surface area contributed by atoms with Crippen LogP contribution in [0, 0.1) is 0 Å². The number of hydrogen-bond acceptors (Lipinski definition) is 5. The van der Waals surface area contributed by atoms with Crippen molar-refractivity contribution in [3.8, 4) is 0 Å². The van der Waals surface area contributed by atoms with Gasteiger partial charge >= 0.3 is 5.97 Å². The van der Waals surface area contributed by atoms with Crippen molar-refractivity contribution in [2.75, 3.05) is 19.7 Å². The van der Waals surface area contributed by atoms with Crippen LogP contribution < -0.4 is 0 Å². The Kier molecular flexibility index (Phi) is 3.69.